The van der Waals surface area contributed by atoms with Gasteiger partial charge in [-0.1, -0.05) is 0 Å². The Bertz CT molecular complexity index is 1290. The maximum Gasteiger partial charge on any atom is 0.163 e. The minimum absolute atomic E-state index is 0.0589. The summed E-state index contributed by atoms with van der Waals surface area (Å²) in [6.45, 7) is 5.37. The minimum Gasteiger partial charge on any atom is -0.493 e. The monoisotopic (exact) mass is 538 g/mol. The molecule has 0 spiro atoms. The van der Waals surface area contributed by atoms with Crippen LogP contribution in [0.4, 0.5) is 4.39 Å². The van der Waals surface area contributed by atoms with E-state index in [-0.39, 0.29) is 37.7 Å². The number of morpholine rings is 1. The number of Topliss-reactive ketones (excluding diaryl/α,β-unsaturated/α-hetero) is 1. The summed E-state index contributed by atoms with van der Waals surface area (Å²) in [5, 5.41) is 24.0. The van der Waals surface area contributed by atoms with E-state index in [4.69, 9.17) is 24.3 Å². The maximum absolute atomic E-state index is 13.6. The number of hydrogen-bond acceptors (Lipinski definition) is 8. The lowest BCUT2D eigenvalue weighted by Gasteiger charge is -2.36. The van der Waals surface area contributed by atoms with Crippen molar-refractivity contribution < 1.29 is 33.6 Å². The van der Waals surface area contributed by atoms with Crippen LogP contribution >= 0.6 is 0 Å². The third-order valence-electron chi connectivity index (χ3n) is 6.98. The van der Waals surface area contributed by atoms with Crippen molar-refractivity contribution in [1.29, 1.82) is 0 Å². The number of nitrogens with zero attached hydrogens (tertiary/aromatic N) is 1. The van der Waals surface area contributed by atoms with E-state index in [1.165, 1.54) is 19.2 Å². The number of hydrogen-bond donors (Lipinski definition) is 3. The van der Waals surface area contributed by atoms with E-state index in [2.05, 4.69) is 5.32 Å². The molecule has 2 aromatic carbocycles. The van der Waals surface area contributed by atoms with Gasteiger partial charge in [-0.05, 0) is 80.4 Å². The Morgan fingerprint density at radius 3 is 2.62 bits per heavy atom. The van der Waals surface area contributed by atoms with Gasteiger partial charge in [0.25, 0.3) is 0 Å². The van der Waals surface area contributed by atoms with Gasteiger partial charge >= 0.3 is 0 Å². The highest BCUT2D eigenvalue weighted by Gasteiger charge is 2.33. The second-order valence-electron chi connectivity index (χ2n) is 10.1. The number of halogens is 1. The molecule has 1 fully saturated rings. The first kappa shape index (κ1) is 28.6. The lowest BCUT2D eigenvalue weighted by Crippen LogP contribution is -2.49. The number of ether oxygens (including phenoxy) is 3. The van der Waals surface area contributed by atoms with Gasteiger partial charge in [-0.2, -0.15) is 0 Å². The van der Waals surface area contributed by atoms with Crippen LogP contribution in [-0.2, 0) is 15.9 Å². The van der Waals surface area contributed by atoms with Gasteiger partial charge in [0.2, 0.25) is 0 Å². The Morgan fingerprint density at radius 1 is 1.18 bits per heavy atom. The first-order valence-corrected chi connectivity index (χ1v) is 12.9. The highest BCUT2D eigenvalue weighted by atomic mass is 19.1. The molecule has 2 unspecified atom stereocenters. The number of aromatic nitrogens is 1. The maximum atomic E-state index is 13.6. The Balaban J connectivity index is 1.60. The number of aliphatic hydroxyl groups excluding tert-OH is 1. The summed E-state index contributed by atoms with van der Waals surface area (Å²) >= 11 is 0. The van der Waals surface area contributed by atoms with Crippen molar-refractivity contribution in [3.05, 3.63) is 77.2 Å². The molecule has 208 valence electrons. The van der Waals surface area contributed by atoms with Gasteiger partial charge in [0.05, 0.1) is 43.9 Å². The van der Waals surface area contributed by atoms with Crippen molar-refractivity contribution in [2.24, 2.45) is 0 Å². The Kier molecular flexibility index (Phi) is 8.97. The van der Waals surface area contributed by atoms with Gasteiger partial charge in [0.15, 0.2) is 17.3 Å². The minimum atomic E-state index is -1.43. The number of nitrogens with one attached hydrogen (secondary N) is 1. The third-order valence-corrected chi connectivity index (χ3v) is 6.98. The number of carbonyl (C=O) groups excluding carboxylic acids is 1. The highest BCUT2D eigenvalue weighted by molar-refractivity contribution is 5.96. The van der Waals surface area contributed by atoms with Gasteiger partial charge < -0.3 is 29.7 Å². The fourth-order valence-electron chi connectivity index (χ4n) is 4.55. The topological polar surface area (TPSA) is 110 Å². The molecule has 0 radical (unpaired) electrons. The van der Waals surface area contributed by atoms with Crippen LogP contribution in [-0.4, -0.2) is 61.1 Å². The normalized spacial score (nSPS) is 18.8. The van der Waals surface area contributed by atoms with Crippen molar-refractivity contribution >= 4 is 5.78 Å². The fourth-order valence-corrected chi connectivity index (χ4v) is 4.55. The summed E-state index contributed by atoms with van der Waals surface area (Å²) in [6.07, 6.45) is 0.181. The van der Waals surface area contributed by atoms with Gasteiger partial charge in [-0.25, -0.2) is 9.37 Å². The van der Waals surface area contributed by atoms with Crippen LogP contribution in [0.2, 0.25) is 0 Å². The first-order chi connectivity index (χ1) is 18.6. The molecule has 4 rings (SSSR count). The molecule has 1 saturated heterocycles. The van der Waals surface area contributed by atoms with Gasteiger partial charge in [-0.3, -0.25) is 4.79 Å². The van der Waals surface area contributed by atoms with Crippen molar-refractivity contribution in [3.8, 4) is 22.8 Å². The molecule has 2 atom stereocenters. The molecular weight excluding hydrogens is 503 g/mol. The quantitative estimate of drug-likeness (QED) is 0.315. The van der Waals surface area contributed by atoms with Gasteiger partial charge in [0.1, 0.15) is 18.0 Å². The average molecular weight is 539 g/mol. The molecule has 2 heterocycles. The van der Waals surface area contributed by atoms with Crippen LogP contribution in [0, 0.1) is 5.82 Å². The molecule has 1 aliphatic rings. The smallest absolute Gasteiger partial charge is 0.163 e. The Labute approximate surface area is 227 Å². The van der Waals surface area contributed by atoms with E-state index >= 15 is 0 Å². The average Bonchev–Trinajstić information content (AvgIpc) is 2.95. The summed E-state index contributed by atoms with van der Waals surface area (Å²) in [7, 11) is 1.48. The number of pyridine rings is 1. The molecular formula is C30H35FN2O6. The molecule has 3 aromatic rings. The number of benzene rings is 2. The second kappa shape index (κ2) is 12.2. The van der Waals surface area contributed by atoms with Crippen LogP contribution in [0.3, 0.4) is 0 Å². The zero-order chi connectivity index (χ0) is 28.0. The summed E-state index contributed by atoms with van der Waals surface area (Å²) in [4.78, 5) is 17.8. The van der Waals surface area contributed by atoms with E-state index in [1.54, 1.807) is 37.3 Å². The molecule has 39 heavy (non-hydrogen) atoms. The van der Waals surface area contributed by atoms with Gasteiger partial charge in [0, 0.05) is 24.1 Å². The SMILES string of the molecule is COc1cc(C(=O)CCC(C)(O)c2cc(C3(C)COCCN3)cc(-c3ccc(F)cc3)n2)ccc1OCCO. The standard InChI is InChI=1S/C30H35FN2O6/c1-29(19-38-14-12-32-29)22-17-24(20-4-7-23(31)8-5-20)33-28(18-22)30(2,36)11-10-25(35)21-6-9-26(39-15-13-34)27(16-21)37-3/h4-9,16-18,32,34,36H,10-15,19H2,1-3H3. The Morgan fingerprint density at radius 2 is 1.95 bits per heavy atom. The van der Waals surface area contributed by atoms with E-state index in [0.717, 1.165) is 5.56 Å². The van der Waals surface area contributed by atoms with Crippen LogP contribution in [0.25, 0.3) is 11.3 Å². The number of ketones is 1. The molecule has 0 aliphatic carbocycles. The lowest BCUT2D eigenvalue weighted by molar-refractivity contribution is 0.0312. The number of carbonyl (C=O) groups is 1. The molecule has 9 heteroatoms. The van der Waals surface area contributed by atoms with Crippen molar-refractivity contribution in [2.75, 3.05) is 40.1 Å². The first-order valence-electron chi connectivity index (χ1n) is 12.9. The van der Waals surface area contributed by atoms with Crippen LogP contribution < -0.4 is 14.8 Å². The number of methoxy groups -OCH3 is 1. The van der Waals surface area contributed by atoms with Crippen molar-refractivity contribution in [2.45, 2.75) is 37.8 Å². The number of aliphatic hydroxyl groups is 2. The van der Waals surface area contributed by atoms with E-state index in [1.807, 2.05) is 19.1 Å². The fraction of sp³-hybridized carbons (Fsp3) is 0.400. The highest BCUT2D eigenvalue weighted by Crippen LogP contribution is 2.34. The predicted molar refractivity (Wildman–Crippen MR) is 145 cm³/mol. The third kappa shape index (κ3) is 6.80. The van der Waals surface area contributed by atoms with Crippen molar-refractivity contribution in [1.82, 2.24) is 10.3 Å². The summed E-state index contributed by atoms with van der Waals surface area (Å²) in [5.41, 5.74) is 1.07. The lowest BCUT2D eigenvalue weighted by atomic mass is 9.86. The number of rotatable bonds is 11. The van der Waals surface area contributed by atoms with E-state index in [0.29, 0.717) is 53.8 Å². The molecule has 0 bridgehead atoms. The second-order valence-corrected chi connectivity index (χ2v) is 10.1. The summed E-state index contributed by atoms with van der Waals surface area (Å²) in [5.74, 6) is 0.291. The summed E-state index contributed by atoms with van der Waals surface area (Å²) < 4.78 is 30.1. The zero-order valence-electron chi connectivity index (χ0n) is 22.5. The zero-order valence-corrected chi connectivity index (χ0v) is 22.5. The largest absolute Gasteiger partial charge is 0.493 e. The predicted octanol–water partition coefficient (Wildman–Crippen LogP) is 3.97. The van der Waals surface area contributed by atoms with E-state index < -0.39 is 11.1 Å². The van der Waals surface area contributed by atoms with Crippen molar-refractivity contribution in [3.63, 3.8) is 0 Å². The van der Waals surface area contributed by atoms with Crippen LogP contribution in [0.15, 0.2) is 54.6 Å². The van der Waals surface area contributed by atoms with Crippen LogP contribution in [0.1, 0.15) is 48.3 Å². The van der Waals surface area contributed by atoms with Crippen LogP contribution in [0.5, 0.6) is 11.5 Å². The van der Waals surface area contributed by atoms with E-state index in [9.17, 15) is 14.3 Å². The van der Waals surface area contributed by atoms with Gasteiger partial charge in [-0.15, -0.1) is 0 Å². The molecule has 0 amide bonds. The molecule has 8 nitrogen and oxygen atoms in total. The Hall–Kier alpha value is -3.37. The molecule has 1 aliphatic heterocycles. The molecule has 3 N–H and O–H groups in total. The molecule has 0 saturated carbocycles. The molecule has 1 aromatic heterocycles. The summed E-state index contributed by atoms with van der Waals surface area (Å²) in [6, 6.07) is 14.7.